The smallest absolute Gasteiger partial charge is 0.137 e. The van der Waals surface area contributed by atoms with Crippen LogP contribution >= 0.6 is 15.9 Å². The second-order valence-corrected chi connectivity index (χ2v) is 5.06. The summed E-state index contributed by atoms with van der Waals surface area (Å²) in [5.74, 6) is 0.634. The Balaban J connectivity index is 2.03. The van der Waals surface area contributed by atoms with Gasteiger partial charge in [0, 0.05) is 0 Å². The Morgan fingerprint density at radius 1 is 1.22 bits per heavy atom. The molecule has 1 atom stereocenters. The second kappa shape index (κ2) is 5.50. The molecule has 2 rings (SSSR count). The SMILES string of the molecule is CC(O)(COc1ccc(Br)nc1)c1ccccc1. The first kappa shape index (κ1) is 13.1. The van der Waals surface area contributed by atoms with Crippen LogP contribution in [0.1, 0.15) is 12.5 Å². The van der Waals surface area contributed by atoms with Crippen molar-refractivity contribution in [2.45, 2.75) is 12.5 Å². The fourth-order valence-electron chi connectivity index (χ4n) is 1.55. The van der Waals surface area contributed by atoms with Crippen molar-refractivity contribution in [3.63, 3.8) is 0 Å². The van der Waals surface area contributed by atoms with Crippen molar-refractivity contribution >= 4 is 15.9 Å². The highest BCUT2D eigenvalue weighted by Crippen LogP contribution is 2.22. The highest BCUT2D eigenvalue weighted by atomic mass is 79.9. The maximum absolute atomic E-state index is 10.3. The molecule has 0 aliphatic rings. The molecule has 0 amide bonds. The van der Waals surface area contributed by atoms with Crippen molar-refractivity contribution < 1.29 is 9.84 Å². The summed E-state index contributed by atoms with van der Waals surface area (Å²) in [6.45, 7) is 1.91. The minimum atomic E-state index is -1.02. The van der Waals surface area contributed by atoms with E-state index in [1.807, 2.05) is 30.3 Å². The van der Waals surface area contributed by atoms with Crippen LogP contribution in [0.15, 0.2) is 53.3 Å². The van der Waals surface area contributed by atoms with Crippen LogP contribution in [0.5, 0.6) is 5.75 Å². The minimum Gasteiger partial charge on any atom is -0.489 e. The van der Waals surface area contributed by atoms with E-state index >= 15 is 0 Å². The fourth-order valence-corrected chi connectivity index (χ4v) is 1.79. The number of aromatic nitrogens is 1. The van der Waals surface area contributed by atoms with Gasteiger partial charge >= 0.3 is 0 Å². The predicted molar refractivity (Wildman–Crippen MR) is 73.4 cm³/mol. The lowest BCUT2D eigenvalue weighted by molar-refractivity contribution is 0.00748. The monoisotopic (exact) mass is 307 g/mol. The molecule has 0 saturated heterocycles. The molecular weight excluding hydrogens is 294 g/mol. The molecule has 1 aromatic carbocycles. The van der Waals surface area contributed by atoms with Crippen LogP contribution in [0.3, 0.4) is 0 Å². The summed E-state index contributed by atoms with van der Waals surface area (Å²) in [6, 6.07) is 13.1. The zero-order chi connectivity index (χ0) is 13.0. The molecule has 0 aliphatic carbocycles. The third-order valence-electron chi connectivity index (χ3n) is 2.62. The molecule has 1 heterocycles. The molecule has 0 aliphatic heterocycles. The van der Waals surface area contributed by atoms with E-state index in [1.54, 1.807) is 25.3 Å². The Morgan fingerprint density at radius 2 is 1.94 bits per heavy atom. The summed E-state index contributed by atoms with van der Waals surface area (Å²) in [7, 11) is 0. The zero-order valence-corrected chi connectivity index (χ0v) is 11.6. The number of halogens is 1. The van der Waals surface area contributed by atoms with Crippen LogP contribution in [-0.4, -0.2) is 16.7 Å². The van der Waals surface area contributed by atoms with Crippen LogP contribution in [0.25, 0.3) is 0 Å². The Morgan fingerprint density at radius 3 is 2.56 bits per heavy atom. The normalized spacial score (nSPS) is 13.9. The first-order chi connectivity index (χ1) is 8.58. The van der Waals surface area contributed by atoms with Gasteiger partial charge in [0.25, 0.3) is 0 Å². The number of hydrogen-bond donors (Lipinski definition) is 1. The first-order valence-electron chi connectivity index (χ1n) is 5.60. The average Bonchev–Trinajstić information content (AvgIpc) is 2.39. The number of pyridine rings is 1. The van der Waals surface area contributed by atoms with Crippen molar-refractivity contribution in [1.29, 1.82) is 0 Å². The average molecular weight is 308 g/mol. The summed E-state index contributed by atoms with van der Waals surface area (Å²) >= 11 is 3.26. The van der Waals surface area contributed by atoms with Gasteiger partial charge in [-0.25, -0.2) is 4.98 Å². The van der Waals surface area contributed by atoms with Crippen LogP contribution in [0.4, 0.5) is 0 Å². The number of aliphatic hydroxyl groups is 1. The molecule has 0 saturated carbocycles. The minimum absolute atomic E-state index is 0.181. The van der Waals surface area contributed by atoms with Gasteiger partial charge in [-0.05, 0) is 40.5 Å². The number of rotatable bonds is 4. The summed E-state index contributed by atoms with van der Waals surface area (Å²) in [6.07, 6.45) is 1.62. The Labute approximate surface area is 115 Å². The molecule has 1 aromatic heterocycles. The lowest BCUT2D eigenvalue weighted by Gasteiger charge is -2.23. The number of benzene rings is 1. The molecule has 2 aromatic rings. The van der Waals surface area contributed by atoms with Gasteiger partial charge in [-0.2, -0.15) is 0 Å². The van der Waals surface area contributed by atoms with E-state index in [4.69, 9.17) is 4.74 Å². The van der Waals surface area contributed by atoms with Crippen molar-refractivity contribution in [3.8, 4) is 5.75 Å². The predicted octanol–water partition coefficient (Wildman–Crippen LogP) is 3.13. The molecule has 0 bridgehead atoms. The van der Waals surface area contributed by atoms with Gasteiger partial charge in [-0.15, -0.1) is 0 Å². The fraction of sp³-hybridized carbons (Fsp3) is 0.214. The van der Waals surface area contributed by atoms with Gasteiger partial charge in [0.2, 0.25) is 0 Å². The van der Waals surface area contributed by atoms with Crippen molar-refractivity contribution in [3.05, 3.63) is 58.8 Å². The van der Waals surface area contributed by atoms with Gasteiger partial charge in [0.05, 0.1) is 6.20 Å². The molecule has 0 spiro atoms. The molecule has 0 radical (unpaired) electrons. The zero-order valence-electron chi connectivity index (χ0n) is 10.0. The largest absolute Gasteiger partial charge is 0.489 e. The van der Waals surface area contributed by atoms with Gasteiger partial charge < -0.3 is 9.84 Å². The highest BCUT2D eigenvalue weighted by molar-refractivity contribution is 9.10. The molecule has 4 heteroatoms. The molecule has 1 N–H and O–H groups in total. The summed E-state index contributed by atoms with van der Waals surface area (Å²) in [5.41, 5.74) is -0.191. The lowest BCUT2D eigenvalue weighted by atomic mass is 9.97. The van der Waals surface area contributed by atoms with E-state index in [0.717, 1.165) is 10.2 Å². The molecular formula is C14H14BrNO2. The Hall–Kier alpha value is -1.39. The topological polar surface area (TPSA) is 42.4 Å². The van der Waals surface area contributed by atoms with Gasteiger partial charge in [-0.3, -0.25) is 0 Å². The standard InChI is InChI=1S/C14H14BrNO2/c1-14(17,11-5-3-2-4-6-11)10-18-12-7-8-13(15)16-9-12/h2-9,17H,10H2,1H3. The lowest BCUT2D eigenvalue weighted by Crippen LogP contribution is -2.29. The Bertz CT molecular complexity index is 497. The first-order valence-corrected chi connectivity index (χ1v) is 6.39. The third-order valence-corrected chi connectivity index (χ3v) is 3.08. The van der Waals surface area contributed by atoms with Crippen LogP contribution in [0, 0.1) is 0 Å². The summed E-state index contributed by atoms with van der Waals surface area (Å²) in [4.78, 5) is 4.06. The number of hydrogen-bond acceptors (Lipinski definition) is 3. The number of ether oxygens (including phenoxy) is 1. The third kappa shape index (κ3) is 3.31. The van der Waals surface area contributed by atoms with Crippen LogP contribution in [0.2, 0.25) is 0 Å². The second-order valence-electron chi connectivity index (χ2n) is 4.25. The van der Waals surface area contributed by atoms with E-state index < -0.39 is 5.60 Å². The number of nitrogens with zero attached hydrogens (tertiary/aromatic N) is 1. The molecule has 0 fully saturated rings. The molecule has 18 heavy (non-hydrogen) atoms. The summed E-state index contributed by atoms with van der Waals surface area (Å²) < 4.78 is 6.30. The molecule has 1 unspecified atom stereocenters. The van der Waals surface area contributed by atoms with E-state index in [-0.39, 0.29) is 6.61 Å². The van der Waals surface area contributed by atoms with E-state index in [9.17, 15) is 5.11 Å². The van der Waals surface area contributed by atoms with Gasteiger partial charge in [-0.1, -0.05) is 30.3 Å². The Kier molecular flexibility index (Phi) is 3.99. The van der Waals surface area contributed by atoms with Crippen molar-refractivity contribution in [1.82, 2.24) is 4.98 Å². The van der Waals surface area contributed by atoms with E-state index in [0.29, 0.717) is 5.75 Å². The van der Waals surface area contributed by atoms with Crippen LogP contribution < -0.4 is 4.74 Å². The maximum Gasteiger partial charge on any atom is 0.137 e. The molecule has 94 valence electrons. The maximum atomic E-state index is 10.3. The van der Waals surface area contributed by atoms with Crippen LogP contribution in [-0.2, 0) is 5.60 Å². The van der Waals surface area contributed by atoms with Crippen molar-refractivity contribution in [2.24, 2.45) is 0 Å². The van der Waals surface area contributed by atoms with E-state index in [2.05, 4.69) is 20.9 Å². The van der Waals surface area contributed by atoms with Gasteiger partial charge in [0.15, 0.2) is 0 Å². The quantitative estimate of drug-likeness (QED) is 0.882. The molecule has 3 nitrogen and oxygen atoms in total. The summed E-state index contributed by atoms with van der Waals surface area (Å²) in [5, 5.41) is 10.3. The highest BCUT2D eigenvalue weighted by Gasteiger charge is 2.23. The van der Waals surface area contributed by atoms with Crippen molar-refractivity contribution in [2.75, 3.05) is 6.61 Å². The van der Waals surface area contributed by atoms with E-state index in [1.165, 1.54) is 0 Å². The van der Waals surface area contributed by atoms with Gasteiger partial charge in [0.1, 0.15) is 22.6 Å².